The quantitative estimate of drug-likeness (QED) is 0.775. The van der Waals surface area contributed by atoms with Crippen LogP contribution in [0.1, 0.15) is 0 Å². The Balaban J connectivity index is 2.28. The molecule has 0 bridgehead atoms. The number of nitrogens with one attached hydrogen (secondary N) is 1. The van der Waals surface area contributed by atoms with Crippen LogP contribution >= 0.6 is 11.6 Å². The zero-order chi connectivity index (χ0) is 15.5. The molecule has 0 spiro atoms. The minimum atomic E-state index is -0.213. The summed E-state index contributed by atoms with van der Waals surface area (Å²) >= 11 is 5.93. The molecule has 0 saturated heterocycles. The smallest absolute Gasteiger partial charge is 0.298 e. The Kier molecular flexibility index (Phi) is 4.09. The van der Waals surface area contributed by atoms with E-state index < -0.39 is 0 Å². The summed E-state index contributed by atoms with van der Waals surface area (Å²) in [5.74, 6) is 0.291. The molecule has 6 heteroatoms. The summed E-state index contributed by atoms with van der Waals surface area (Å²) in [4.78, 5) is 17.1. The monoisotopic (exact) mass is 314 g/mol. The highest BCUT2D eigenvalue weighted by molar-refractivity contribution is 6.30. The van der Waals surface area contributed by atoms with Crippen molar-refractivity contribution >= 4 is 28.5 Å². The number of benzene rings is 2. The summed E-state index contributed by atoms with van der Waals surface area (Å²) in [7, 11) is 0. The molecule has 0 atom stereocenters. The second-order valence-corrected chi connectivity index (χ2v) is 5.22. The van der Waals surface area contributed by atoms with Crippen LogP contribution in [0.25, 0.3) is 16.7 Å². The summed E-state index contributed by atoms with van der Waals surface area (Å²) in [5.41, 5.74) is 7.49. The van der Waals surface area contributed by atoms with Crippen LogP contribution < -0.4 is 16.6 Å². The van der Waals surface area contributed by atoms with E-state index in [0.717, 1.165) is 16.7 Å². The first-order valence-electron chi connectivity index (χ1n) is 6.92. The first-order chi connectivity index (χ1) is 10.7. The SMILES string of the molecule is NCCNc1nc2ccccc2n(-c2ccc(Cl)cc2)c1=O. The minimum absolute atomic E-state index is 0.213. The van der Waals surface area contributed by atoms with E-state index in [1.54, 1.807) is 16.7 Å². The van der Waals surface area contributed by atoms with Gasteiger partial charge in [0.2, 0.25) is 0 Å². The first-order valence-corrected chi connectivity index (χ1v) is 7.30. The lowest BCUT2D eigenvalue weighted by Crippen LogP contribution is -2.26. The van der Waals surface area contributed by atoms with E-state index in [4.69, 9.17) is 17.3 Å². The molecule has 0 saturated carbocycles. The molecule has 0 unspecified atom stereocenters. The zero-order valence-corrected chi connectivity index (χ0v) is 12.5. The molecule has 0 amide bonds. The fourth-order valence-electron chi connectivity index (χ4n) is 2.28. The number of nitrogens with zero attached hydrogens (tertiary/aromatic N) is 2. The molecular weight excluding hydrogens is 300 g/mol. The van der Waals surface area contributed by atoms with Gasteiger partial charge >= 0.3 is 0 Å². The van der Waals surface area contributed by atoms with Gasteiger partial charge in [-0.2, -0.15) is 0 Å². The van der Waals surface area contributed by atoms with Crippen molar-refractivity contribution in [3.63, 3.8) is 0 Å². The van der Waals surface area contributed by atoms with Gasteiger partial charge in [-0.15, -0.1) is 0 Å². The Morgan fingerprint density at radius 3 is 2.59 bits per heavy atom. The molecule has 0 fully saturated rings. The van der Waals surface area contributed by atoms with Crippen LogP contribution in [-0.2, 0) is 0 Å². The third kappa shape index (κ3) is 2.68. The Labute approximate surface area is 132 Å². The third-order valence-corrected chi connectivity index (χ3v) is 3.53. The van der Waals surface area contributed by atoms with Crippen LogP contribution in [0, 0.1) is 0 Å². The maximum absolute atomic E-state index is 12.7. The zero-order valence-electron chi connectivity index (χ0n) is 11.8. The number of rotatable bonds is 4. The van der Waals surface area contributed by atoms with Gasteiger partial charge in [-0.05, 0) is 36.4 Å². The van der Waals surface area contributed by atoms with Crippen molar-refractivity contribution in [3.8, 4) is 5.69 Å². The number of aromatic nitrogens is 2. The topological polar surface area (TPSA) is 72.9 Å². The van der Waals surface area contributed by atoms with Gasteiger partial charge in [0.05, 0.1) is 11.0 Å². The van der Waals surface area contributed by atoms with E-state index in [0.29, 0.717) is 23.9 Å². The fourth-order valence-corrected chi connectivity index (χ4v) is 2.41. The number of nitrogens with two attached hydrogens (primary N) is 1. The average molecular weight is 315 g/mol. The summed E-state index contributed by atoms with van der Waals surface area (Å²) in [6.07, 6.45) is 0. The lowest BCUT2D eigenvalue weighted by molar-refractivity contribution is 0.972. The maximum atomic E-state index is 12.7. The van der Waals surface area contributed by atoms with Gasteiger partial charge in [0, 0.05) is 23.8 Å². The summed E-state index contributed by atoms with van der Waals surface area (Å²) in [6, 6.07) is 14.6. The molecule has 1 heterocycles. The van der Waals surface area contributed by atoms with Gasteiger partial charge in [0.25, 0.3) is 5.56 Å². The van der Waals surface area contributed by atoms with Crippen molar-refractivity contribution in [1.29, 1.82) is 0 Å². The van der Waals surface area contributed by atoms with Gasteiger partial charge < -0.3 is 11.1 Å². The molecule has 3 aromatic rings. The highest BCUT2D eigenvalue weighted by Gasteiger charge is 2.11. The number of fused-ring (bicyclic) bond motifs is 1. The summed E-state index contributed by atoms with van der Waals surface area (Å²) in [5, 5.41) is 3.60. The van der Waals surface area contributed by atoms with Crippen LogP contribution in [0.15, 0.2) is 53.3 Å². The van der Waals surface area contributed by atoms with Crippen LogP contribution in [-0.4, -0.2) is 22.6 Å². The lowest BCUT2D eigenvalue weighted by atomic mass is 10.2. The minimum Gasteiger partial charge on any atom is -0.364 e. The van der Waals surface area contributed by atoms with E-state index in [1.807, 2.05) is 36.4 Å². The average Bonchev–Trinajstić information content (AvgIpc) is 2.54. The van der Waals surface area contributed by atoms with Crippen molar-refractivity contribution in [2.24, 2.45) is 5.73 Å². The maximum Gasteiger partial charge on any atom is 0.298 e. The molecule has 5 nitrogen and oxygen atoms in total. The third-order valence-electron chi connectivity index (χ3n) is 3.28. The molecule has 0 aliphatic rings. The van der Waals surface area contributed by atoms with E-state index >= 15 is 0 Å². The van der Waals surface area contributed by atoms with Crippen LogP contribution in [0.5, 0.6) is 0 Å². The van der Waals surface area contributed by atoms with Gasteiger partial charge in [0.15, 0.2) is 5.82 Å². The first kappa shape index (κ1) is 14.6. The van der Waals surface area contributed by atoms with Crippen LogP contribution in [0.3, 0.4) is 0 Å². The molecule has 2 aromatic carbocycles. The number of hydrogen-bond donors (Lipinski definition) is 2. The Hall–Kier alpha value is -2.37. The highest BCUT2D eigenvalue weighted by atomic mass is 35.5. The van der Waals surface area contributed by atoms with Crippen LogP contribution in [0.2, 0.25) is 5.02 Å². The second-order valence-electron chi connectivity index (χ2n) is 4.78. The van der Waals surface area contributed by atoms with E-state index in [2.05, 4.69) is 10.3 Å². The van der Waals surface area contributed by atoms with Crippen molar-refractivity contribution < 1.29 is 0 Å². The number of halogens is 1. The van der Waals surface area contributed by atoms with Crippen molar-refractivity contribution in [3.05, 3.63) is 63.9 Å². The molecule has 112 valence electrons. The molecule has 3 rings (SSSR count). The molecule has 0 radical (unpaired) electrons. The number of anilines is 1. The molecule has 22 heavy (non-hydrogen) atoms. The molecule has 0 aliphatic carbocycles. The Morgan fingerprint density at radius 2 is 1.86 bits per heavy atom. The fraction of sp³-hybridized carbons (Fsp3) is 0.125. The molecule has 0 aliphatic heterocycles. The van der Waals surface area contributed by atoms with Crippen LogP contribution in [0.4, 0.5) is 5.82 Å². The van der Waals surface area contributed by atoms with Gasteiger partial charge in [-0.3, -0.25) is 9.36 Å². The standard InChI is InChI=1S/C16H15ClN4O/c17-11-5-7-12(8-6-11)21-14-4-2-1-3-13(14)20-15(16(21)22)19-10-9-18/h1-8H,9-10,18H2,(H,19,20). The van der Waals surface area contributed by atoms with E-state index in [1.165, 1.54) is 0 Å². The van der Waals surface area contributed by atoms with Crippen molar-refractivity contribution in [1.82, 2.24) is 9.55 Å². The van der Waals surface area contributed by atoms with E-state index in [-0.39, 0.29) is 5.56 Å². The lowest BCUT2D eigenvalue weighted by Gasteiger charge is -2.13. The normalized spacial score (nSPS) is 10.8. The molecular formula is C16H15ClN4O. The predicted octanol–water partition coefficient (Wildman–Crippen LogP) is 2.41. The second kappa shape index (κ2) is 6.17. The van der Waals surface area contributed by atoms with Crippen molar-refractivity contribution in [2.45, 2.75) is 0 Å². The summed E-state index contributed by atoms with van der Waals surface area (Å²) < 4.78 is 1.62. The Bertz CT molecular complexity index is 858. The summed E-state index contributed by atoms with van der Waals surface area (Å²) in [6.45, 7) is 0.913. The molecule has 1 aromatic heterocycles. The Morgan fingerprint density at radius 1 is 1.14 bits per heavy atom. The van der Waals surface area contributed by atoms with Gasteiger partial charge in [-0.1, -0.05) is 23.7 Å². The van der Waals surface area contributed by atoms with Gasteiger partial charge in [0.1, 0.15) is 0 Å². The van der Waals surface area contributed by atoms with Gasteiger partial charge in [-0.25, -0.2) is 4.98 Å². The number of para-hydroxylation sites is 2. The predicted molar refractivity (Wildman–Crippen MR) is 89.9 cm³/mol. The molecule has 3 N–H and O–H groups in total. The van der Waals surface area contributed by atoms with Crippen molar-refractivity contribution in [2.75, 3.05) is 18.4 Å². The number of hydrogen-bond acceptors (Lipinski definition) is 4. The largest absolute Gasteiger partial charge is 0.364 e. The van der Waals surface area contributed by atoms with E-state index in [9.17, 15) is 4.79 Å². The highest BCUT2D eigenvalue weighted by Crippen LogP contribution is 2.18.